The third-order valence-corrected chi connectivity index (χ3v) is 3.69. The van der Waals surface area contributed by atoms with Crippen LogP contribution < -0.4 is 5.32 Å². The molecule has 0 aromatic carbocycles. The van der Waals surface area contributed by atoms with Crippen LogP contribution in [0.3, 0.4) is 0 Å². The summed E-state index contributed by atoms with van der Waals surface area (Å²) >= 11 is 1.34. The molecule has 0 spiro atoms. The van der Waals surface area contributed by atoms with Crippen LogP contribution in [0.4, 0.5) is 0 Å². The van der Waals surface area contributed by atoms with Crippen molar-refractivity contribution in [3.63, 3.8) is 0 Å². The minimum absolute atomic E-state index is 0.213. The Labute approximate surface area is 127 Å². The number of thiazole rings is 1. The van der Waals surface area contributed by atoms with Gasteiger partial charge in [0.15, 0.2) is 10.8 Å². The monoisotopic (exact) mass is 306 g/mol. The van der Waals surface area contributed by atoms with Crippen LogP contribution in [-0.4, -0.2) is 38.6 Å². The van der Waals surface area contributed by atoms with Crippen molar-refractivity contribution < 1.29 is 9.90 Å². The van der Waals surface area contributed by atoms with Crippen LogP contribution in [0.2, 0.25) is 0 Å². The number of aliphatic hydroxyl groups is 1. The SMILES string of the molecule is CC(O)CC(C)CNC(=O)c1csc(-c2ncccn2)n1. The Kier molecular flexibility index (Phi) is 5.35. The fraction of sp³-hybridized carbons (Fsp3) is 0.429. The van der Waals surface area contributed by atoms with Crippen molar-refractivity contribution in [2.75, 3.05) is 6.54 Å². The Balaban J connectivity index is 1.93. The van der Waals surface area contributed by atoms with Gasteiger partial charge >= 0.3 is 0 Å². The quantitative estimate of drug-likeness (QED) is 0.848. The van der Waals surface area contributed by atoms with Crippen molar-refractivity contribution in [3.8, 4) is 10.8 Å². The van der Waals surface area contributed by atoms with E-state index in [0.717, 1.165) is 0 Å². The Morgan fingerprint density at radius 1 is 1.38 bits per heavy atom. The molecule has 0 aliphatic carbocycles. The average Bonchev–Trinajstić information content (AvgIpc) is 2.95. The van der Waals surface area contributed by atoms with Gasteiger partial charge in [0.25, 0.3) is 5.91 Å². The molecule has 2 aromatic heterocycles. The van der Waals surface area contributed by atoms with Gasteiger partial charge in [-0.05, 0) is 25.3 Å². The molecular weight excluding hydrogens is 288 g/mol. The van der Waals surface area contributed by atoms with E-state index >= 15 is 0 Å². The van der Waals surface area contributed by atoms with Gasteiger partial charge in [-0.15, -0.1) is 11.3 Å². The van der Waals surface area contributed by atoms with E-state index < -0.39 is 0 Å². The van der Waals surface area contributed by atoms with E-state index in [0.29, 0.717) is 29.5 Å². The standard InChI is InChI=1S/C14H18N4O2S/c1-9(6-10(2)19)7-17-13(20)11-8-21-14(18-11)12-15-4-3-5-16-12/h3-5,8-10,19H,6-7H2,1-2H3,(H,17,20). The zero-order chi connectivity index (χ0) is 15.2. The number of amides is 1. The first kappa shape index (κ1) is 15.5. The molecule has 1 amide bonds. The first-order valence-electron chi connectivity index (χ1n) is 6.75. The van der Waals surface area contributed by atoms with E-state index in [9.17, 15) is 9.90 Å². The van der Waals surface area contributed by atoms with Gasteiger partial charge < -0.3 is 10.4 Å². The predicted octanol–water partition coefficient (Wildman–Crippen LogP) is 1.74. The van der Waals surface area contributed by atoms with E-state index in [2.05, 4.69) is 20.3 Å². The van der Waals surface area contributed by atoms with Gasteiger partial charge in [-0.25, -0.2) is 15.0 Å². The highest BCUT2D eigenvalue weighted by atomic mass is 32.1. The third-order valence-electron chi connectivity index (χ3n) is 2.85. The number of rotatable bonds is 6. The minimum atomic E-state index is -0.363. The van der Waals surface area contributed by atoms with Crippen LogP contribution >= 0.6 is 11.3 Å². The zero-order valence-electron chi connectivity index (χ0n) is 12.0. The molecule has 0 aliphatic heterocycles. The molecule has 0 saturated carbocycles. The maximum absolute atomic E-state index is 12.0. The zero-order valence-corrected chi connectivity index (χ0v) is 12.8. The largest absolute Gasteiger partial charge is 0.393 e. The Morgan fingerprint density at radius 3 is 2.76 bits per heavy atom. The Morgan fingerprint density at radius 2 is 2.10 bits per heavy atom. The van der Waals surface area contributed by atoms with Crippen LogP contribution in [0.1, 0.15) is 30.8 Å². The predicted molar refractivity (Wildman–Crippen MR) is 80.9 cm³/mol. The summed E-state index contributed by atoms with van der Waals surface area (Å²) < 4.78 is 0. The minimum Gasteiger partial charge on any atom is -0.393 e. The van der Waals surface area contributed by atoms with Gasteiger partial charge in [-0.1, -0.05) is 6.92 Å². The van der Waals surface area contributed by atoms with Gasteiger partial charge in [0, 0.05) is 24.3 Å². The number of hydrogen-bond acceptors (Lipinski definition) is 6. The first-order chi connectivity index (χ1) is 10.1. The lowest BCUT2D eigenvalue weighted by atomic mass is 10.0. The molecule has 2 unspecified atom stereocenters. The lowest BCUT2D eigenvalue weighted by molar-refractivity contribution is 0.0935. The summed E-state index contributed by atoms with van der Waals surface area (Å²) in [7, 11) is 0. The summed E-state index contributed by atoms with van der Waals surface area (Å²) in [4.78, 5) is 24.5. The van der Waals surface area contributed by atoms with Crippen LogP contribution in [-0.2, 0) is 0 Å². The highest BCUT2D eigenvalue weighted by molar-refractivity contribution is 7.13. The van der Waals surface area contributed by atoms with Gasteiger partial charge in [0.2, 0.25) is 0 Å². The molecule has 2 aromatic rings. The molecule has 0 fully saturated rings. The molecule has 21 heavy (non-hydrogen) atoms. The van der Waals surface area contributed by atoms with E-state index in [4.69, 9.17) is 0 Å². The molecule has 6 nitrogen and oxygen atoms in total. The van der Waals surface area contributed by atoms with Crippen LogP contribution in [0.5, 0.6) is 0 Å². The molecule has 112 valence electrons. The topological polar surface area (TPSA) is 88.0 Å². The molecule has 0 aliphatic rings. The van der Waals surface area contributed by atoms with Crippen LogP contribution in [0.15, 0.2) is 23.8 Å². The number of carbonyl (C=O) groups excluding carboxylic acids is 1. The maximum atomic E-state index is 12.0. The van der Waals surface area contributed by atoms with Gasteiger partial charge in [0.05, 0.1) is 6.10 Å². The second kappa shape index (κ2) is 7.24. The number of aliphatic hydroxyl groups excluding tert-OH is 1. The van der Waals surface area contributed by atoms with E-state index in [-0.39, 0.29) is 17.9 Å². The molecule has 0 bridgehead atoms. The molecule has 7 heteroatoms. The second-order valence-corrected chi connectivity index (χ2v) is 5.87. The summed E-state index contributed by atoms with van der Waals surface area (Å²) in [6.45, 7) is 4.24. The number of hydrogen-bond donors (Lipinski definition) is 2. The first-order valence-corrected chi connectivity index (χ1v) is 7.63. The van der Waals surface area contributed by atoms with Gasteiger partial charge in [-0.2, -0.15) is 0 Å². The van der Waals surface area contributed by atoms with Crippen molar-refractivity contribution in [1.82, 2.24) is 20.3 Å². The maximum Gasteiger partial charge on any atom is 0.270 e. The van der Waals surface area contributed by atoms with Crippen molar-refractivity contribution in [1.29, 1.82) is 0 Å². The molecule has 2 N–H and O–H groups in total. The highest BCUT2D eigenvalue weighted by Gasteiger charge is 2.14. The summed E-state index contributed by atoms with van der Waals surface area (Å²) in [5.74, 6) is 0.513. The van der Waals surface area contributed by atoms with Crippen molar-refractivity contribution in [3.05, 3.63) is 29.5 Å². The fourth-order valence-corrected chi connectivity index (χ4v) is 2.66. The molecule has 0 radical (unpaired) electrons. The number of nitrogens with one attached hydrogen (secondary N) is 1. The summed E-state index contributed by atoms with van der Waals surface area (Å²) in [5.41, 5.74) is 0.367. The lowest BCUT2D eigenvalue weighted by Crippen LogP contribution is -2.29. The molecule has 2 atom stereocenters. The Hall–Kier alpha value is -1.86. The van der Waals surface area contributed by atoms with Crippen LogP contribution in [0.25, 0.3) is 10.8 Å². The smallest absolute Gasteiger partial charge is 0.270 e. The van der Waals surface area contributed by atoms with E-state index in [1.165, 1.54) is 11.3 Å². The summed E-state index contributed by atoms with van der Waals surface area (Å²) in [5, 5.41) is 14.4. The Bertz CT molecular complexity index is 586. The molecule has 0 saturated heterocycles. The third kappa shape index (κ3) is 4.57. The number of carbonyl (C=O) groups is 1. The van der Waals surface area contributed by atoms with Crippen molar-refractivity contribution in [2.45, 2.75) is 26.4 Å². The second-order valence-electron chi connectivity index (χ2n) is 5.01. The summed E-state index contributed by atoms with van der Waals surface area (Å²) in [6, 6.07) is 1.73. The molecular formula is C14H18N4O2S. The van der Waals surface area contributed by atoms with Gasteiger partial charge in [0.1, 0.15) is 5.69 Å². The van der Waals surface area contributed by atoms with E-state index in [1.54, 1.807) is 30.8 Å². The lowest BCUT2D eigenvalue weighted by Gasteiger charge is -2.13. The van der Waals surface area contributed by atoms with Crippen LogP contribution in [0, 0.1) is 5.92 Å². The van der Waals surface area contributed by atoms with Gasteiger partial charge in [-0.3, -0.25) is 4.79 Å². The highest BCUT2D eigenvalue weighted by Crippen LogP contribution is 2.19. The molecule has 2 heterocycles. The average molecular weight is 306 g/mol. The van der Waals surface area contributed by atoms with Crippen molar-refractivity contribution >= 4 is 17.2 Å². The normalized spacial score (nSPS) is 13.7. The fourth-order valence-electron chi connectivity index (χ4n) is 1.91. The van der Waals surface area contributed by atoms with E-state index in [1.807, 2.05) is 6.92 Å². The number of aromatic nitrogens is 3. The molecule has 2 rings (SSSR count). The number of nitrogens with zero attached hydrogens (tertiary/aromatic N) is 3. The van der Waals surface area contributed by atoms with Crippen molar-refractivity contribution in [2.24, 2.45) is 5.92 Å². The summed E-state index contributed by atoms with van der Waals surface area (Å²) in [6.07, 6.45) is 3.57.